The molecular formula is C24H20FNO2. The van der Waals surface area contributed by atoms with E-state index in [1.807, 2.05) is 50.2 Å². The smallest absolute Gasteiger partial charge is 0.137 e. The fourth-order valence-electron chi connectivity index (χ4n) is 3.32. The summed E-state index contributed by atoms with van der Waals surface area (Å²) in [6.07, 6.45) is 0. The lowest BCUT2D eigenvalue weighted by Gasteiger charge is -2.09. The maximum Gasteiger partial charge on any atom is 0.137 e. The largest absolute Gasteiger partial charge is 0.497 e. The molecule has 0 saturated heterocycles. The molecule has 4 aromatic rings. The van der Waals surface area contributed by atoms with Crippen LogP contribution in [-0.4, -0.2) is 7.11 Å². The van der Waals surface area contributed by atoms with Gasteiger partial charge in [0, 0.05) is 17.0 Å². The lowest BCUT2D eigenvalue weighted by atomic mass is 10.0. The fraction of sp³-hybridized carbons (Fsp3) is 0.125. The minimum absolute atomic E-state index is 0.280. The van der Waals surface area contributed by atoms with E-state index in [1.165, 1.54) is 12.1 Å². The van der Waals surface area contributed by atoms with E-state index in [1.54, 1.807) is 19.2 Å². The minimum atomic E-state index is -0.280. The zero-order valence-corrected chi connectivity index (χ0v) is 16.0. The highest BCUT2D eigenvalue weighted by atomic mass is 19.1. The van der Waals surface area contributed by atoms with Crippen molar-refractivity contribution in [1.29, 1.82) is 0 Å². The van der Waals surface area contributed by atoms with Gasteiger partial charge in [-0.15, -0.1) is 0 Å². The second-order valence-electron chi connectivity index (χ2n) is 6.77. The van der Waals surface area contributed by atoms with Gasteiger partial charge in [0.25, 0.3) is 0 Å². The summed E-state index contributed by atoms with van der Waals surface area (Å²) < 4.78 is 24.7. The van der Waals surface area contributed by atoms with E-state index in [0.29, 0.717) is 11.4 Å². The highest BCUT2D eigenvalue weighted by Crippen LogP contribution is 2.27. The van der Waals surface area contributed by atoms with Crippen LogP contribution in [0.2, 0.25) is 0 Å². The molecule has 0 unspecified atom stereocenters. The summed E-state index contributed by atoms with van der Waals surface area (Å²) in [5.74, 6) is 1.21. The van der Waals surface area contributed by atoms with Crippen LogP contribution in [0, 0.1) is 19.7 Å². The van der Waals surface area contributed by atoms with E-state index >= 15 is 0 Å². The van der Waals surface area contributed by atoms with Gasteiger partial charge in [0.1, 0.15) is 22.9 Å². The molecule has 0 fully saturated rings. The zero-order chi connectivity index (χ0) is 19.7. The molecule has 4 heteroatoms. The molecule has 28 heavy (non-hydrogen) atoms. The molecule has 0 radical (unpaired) electrons. The number of aryl methyl sites for hydroxylation is 2. The lowest BCUT2D eigenvalue weighted by molar-refractivity contribution is 0.415. The van der Waals surface area contributed by atoms with Gasteiger partial charge in [0.15, 0.2) is 0 Å². The van der Waals surface area contributed by atoms with Crippen LogP contribution in [0.5, 0.6) is 5.75 Å². The number of halogens is 1. The first kappa shape index (κ1) is 18.0. The van der Waals surface area contributed by atoms with Gasteiger partial charge < -0.3 is 9.15 Å². The monoisotopic (exact) mass is 373 g/mol. The van der Waals surface area contributed by atoms with Crippen molar-refractivity contribution in [3.05, 3.63) is 89.0 Å². The molecule has 0 saturated carbocycles. The molecule has 0 bridgehead atoms. The molecule has 1 aromatic heterocycles. The first-order valence-corrected chi connectivity index (χ1v) is 9.03. The van der Waals surface area contributed by atoms with Crippen LogP contribution in [0.1, 0.15) is 11.1 Å². The molecular weight excluding hydrogens is 353 g/mol. The Hall–Kier alpha value is -3.40. The number of hydrogen-bond donors (Lipinski definition) is 0. The number of hydrogen-bond acceptors (Lipinski definition) is 3. The van der Waals surface area contributed by atoms with Crippen molar-refractivity contribution in [2.24, 2.45) is 4.99 Å². The molecule has 1 heterocycles. The topological polar surface area (TPSA) is 34.7 Å². The third-order valence-electron chi connectivity index (χ3n) is 4.64. The van der Waals surface area contributed by atoms with Gasteiger partial charge >= 0.3 is 0 Å². The van der Waals surface area contributed by atoms with E-state index in [4.69, 9.17) is 14.1 Å². The number of benzene rings is 3. The highest BCUT2D eigenvalue weighted by Gasteiger charge is 2.09. The Bertz CT molecular complexity index is 1210. The maximum absolute atomic E-state index is 13.3. The van der Waals surface area contributed by atoms with Crippen molar-refractivity contribution in [1.82, 2.24) is 0 Å². The molecule has 0 aliphatic rings. The number of nitrogens with zero attached hydrogens (tertiary/aromatic N) is 1. The predicted molar refractivity (Wildman–Crippen MR) is 109 cm³/mol. The average Bonchev–Trinajstić information content (AvgIpc) is 2.69. The van der Waals surface area contributed by atoms with E-state index in [0.717, 1.165) is 38.8 Å². The zero-order valence-electron chi connectivity index (χ0n) is 16.0. The van der Waals surface area contributed by atoms with E-state index in [-0.39, 0.29) is 5.82 Å². The van der Waals surface area contributed by atoms with Crippen molar-refractivity contribution in [3.8, 4) is 17.1 Å². The van der Waals surface area contributed by atoms with Crippen LogP contribution in [0.15, 0.2) is 76.1 Å². The van der Waals surface area contributed by atoms with Crippen LogP contribution >= 0.6 is 0 Å². The number of rotatable bonds is 3. The SMILES string of the molecule is COc1ccc(-c2cc(=Nc3ccc(F)cc3)c3c(C)cc(C)cc3o2)cc1. The molecule has 0 N–H and O–H groups in total. The first-order chi connectivity index (χ1) is 13.5. The molecule has 0 aliphatic heterocycles. The Morgan fingerprint density at radius 1 is 0.893 bits per heavy atom. The van der Waals surface area contributed by atoms with Gasteiger partial charge in [0.05, 0.1) is 18.2 Å². The Morgan fingerprint density at radius 2 is 1.61 bits per heavy atom. The van der Waals surface area contributed by atoms with E-state index in [2.05, 4.69) is 6.07 Å². The van der Waals surface area contributed by atoms with Crippen molar-refractivity contribution in [3.63, 3.8) is 0 Å². The predicted octanol–water partition coefficient (Wildman–Crippen LogP) is 6.10. The van der Waals surface area contributed by atoms with Crippen molar-refractivity contribution < 1.29 is 13.5 Å². The number of methoxy groups -OCH3 is 1. The van der Waals surface area contributed by atoms with Gasteiger partial charge in [-0.3, -0.25) is 0 Å². The normalized spacial score (nSPS) is 11.8. The third-order valence-corrected chi connectivity index (χ3v) is 4.64. The second-order valence-corrected chi connectivity index (χ2v) is 6.77. The molecule has 140 valence electrons. The summed E-state index contributed by atoms with van der Waals surface area (Å²) in [4.78, 5) is 4.77. The van der Waals surface area contributed by atoms with Crippen molar-refractivity contribution >= 4 is 16.7 Å². The van der Waals surface area contributed by atoms with E-state index < -0.39 is 0 Å². The van der Waals surface area contributed by atoms with Crippen LogP contribution in [0.25, 0.3) is 22.3 Å². The second kappa shape index (κ2) is 7.31. The minimum Gasteiger partial charge on any atom is -0.497 e. The summed E-state index contributed by atoms with van der Waals surface area (Å²) in [6.45, 7) is 4.08. The van der Waals surface area contributed by atoms with E-state index in [9.17, 15) is 4.39 Å². The Balaban J connectivity index is 1.99. The lowest BCUT2D eigenvalue weighted by Crippen LogP contribution is -2.05. The summed E-state index contributed by atoms with van der Waals surface area (Å²) in [5, 5.41) is 1.74. The molecule has 3 nitrogen and oxygen atoms in total. The van der Waals surface area contributed by atoms with Gasteiger partial charge in [-0.25, -0.2) is 9.38 Å². The van der Waals surface area contributed by atoms with Gasteiger partial charge in [-0.1, -0.05) is 6.07 Å². The summed E-state index contributed by atoms with van der Waals surface area (Å²) in [6, 6.07) is 19.9. The van der Waals surface area contributed by atoms with Crippen molar-refractivity contribution in [2.75, 3.05) is 7.11 Å². The number of fused-ring (bicyclic) bond motifs is 1. The summed E-state index contributed by atoms with van der Waals surface area (Å²) in [5.41, 5.74) is 4.59. The van der Waals surface area contributed by atoms with Crippen LogP contribution in [-0.2, 0) is 0 Å². The maximum atomic E-state index is 13.3. The average molecular weight is 373 g/mol. The quantitative estimate of drug-likeness (QED) is 0.435. The Kier molecular flexibility index (Phi) is 4.70. The van der Waals surface area contributed by atoms with Crippen LogP contribution in [0.3, 0.4) is 0 Å². The van der Waals surface area contributed by atoms with Crippen molar-refractivity contribution in [2.45, 2.75) is 13.8 Å². The van der Waals surface area contributed by atoms with Gasteiger partial charge in [-0.2, -0.15) is 0 Å². The third kappa shape index (κ3) is 3.54. The highest BCUT2D eigenvalue weighted by molar-refractivity contribution is 5.82. The van der Waals surface area contributed by atoms with Gasteiger partial charge in [0.2, 0.25) is 0 Å². The summed E-state index contributed by atoms with van der Waals surface area (Å²) in [7, 11) is 1.64. The molecule has 3 aromatic carbocycles. The van der Waals surface area contributed by atoms with Crippen LogP contribution < -0.4 is 10.1 Å². The Labute approximate surface area is 162 Å². The molecule has 0 spiro atoms. The fourth-order valence-corrected chi connectivity index (χ4v) is 3.32. The Morgan fingerprint density at radius 3 is 2.29 bits per heavy atom. The molecule has 0 amide bonds. The number of ether oxygens (including phenoxy) is 1. The molecule has 0 atom stereocenters. The molecule has 4 rings (SSSR count). The standard InChI is InChI=1S/C24H20FNO2/c1-15-12-16(2)24-21(26-19-8-6-18(25)7-9-19)14-22(28-23(24)13-15)17-4-10-20(27-3)11-5-17/h4-14H,1-3H3. The van der Waals surface area contributed by atoms with Gasteiger partial charge in [-0.05, 0) is 79.6 Å². The van der Waals surface area contributed by atoms with Crippen LogP contribution in [0.4, 0.5) is 10.1 Å². The molecule has 0 aliphatic carbocycles. The first-order valence-electron chi connectivity index (χ1n) is 9.03. The summed E-state index contributed by atoms with van der Waals surface area (Å²) >= 11 is 0.